The van der Waals surface area contributed by atoms with Gasteiger partial charge in [-0.15, -0.1) is 0 Å². The molecule has 4 nitrogen and oxygen atoms in total. The fourth-order valence-corrected chi connectivity index (χ4v) is 2.41. The molecule has 1 aliphatic rings. The summed E-state index contributed by atoms with van der Waals surface area (Å²) in [6.07, 6.45) is 0.604. The van der Waals surface area contributed by atoms with Gasteiger partial charge in [-0.2, -0.15) is 5.26 Å². The van der Waals surface area contributed by atoms with E-state index >= 15 is 0 Å². The molecule has 0 saturated carbocycles. The van der Waals surface area contributed by atoms with Gasteiger partial charge in [0.15, 0.2) is 5.11 Å². The average molecular weight is 274 g/mol. The van der Waals surface area contributed by atoms with Gasteiger partial charge in [0.05, 0.1) is 6.07 Å². The summed E-state index contributed by atoms with van der Waals surface area (Å²) in [5.74, 6) is 0. The molecule has 2 rings (SSSR count). The quantitative estimate of drug-likeness (QED) is 0.853. The number of piperazine rings is 1. The Kier molecular flexibility index (Phi) is 5.13. The maximum atomic E-state index is 8.58. The Bertz CT molecular complexity index is 446. The number of nitrogens with one attached hydrogen (secondary N) is 1. The van der Waals surface area contributed by atoms with E-state index in [0.29, 0.717) is 6.42 Å². The number of nitrogens with zero attached hydrogens (tertiary/aromatic N) is 3. The molecule has 0 radical (unpaired) electrons. The molecule has 0 unspecified atom stereocenters. The number of hydrogen-bond donors (Lipinski definition) is 1. The first-order valence-corrected chi connectivity index (χ1v) is 6.90. The van der Waals surface area contributed by atoms with Gasteiger partial charge in [-0.1, -0.05) is 18.2 Å². The second-order valence-electron chi connectivity index (χ2n) is 4.53. The molecule has 100 valence electrons. The lowest BCUT2D eigenvalue weighted by Crippen LogP contribution is -2.50. The second-order valence-corrected chi connectivity index (χ2v) is 4.92. The second kappa shape index (κ2) is 7.07. The minimum Gasteiger partial charge on any atom is -0.346 e. The maximum Gasteiger partial charge on any atom is 0.173 e. The van der Waals surface area contributed by atoms with Crippen LogP contribution in [0.15, 0.2) is 30.3 Å². The third kappa shape index (κ3) is 4.19. The molecule has 0 spiro atoms. The van der Waals surface area contributed by atoms with E-state index in [1.54, 1.807) is 0 Å². The molecule has 1 N–H and O–H groups in total. The van der Waals surface area contributed by atoms with Gasteiger partial charge in [-0.05, 0) is 24.4 Å². The minimum absolute atomic E-state index is 0.604. The van der Waals surface area contributed by atoms with Crippen LogP contribution in [-0.4, -0.2) is 47.6 Å². The SMILES string of the molecule is N#CCCN1CCN(C(=S)Nc2ccccc2)CC1. The number of anilines is 1. The van der Waals surface area contributed by atoms with Gasteiger partial charge < -0.3 is 10.2 Å². The van der Waals surface area contributed by atoms with Gasteiger partial charge in [-0.3, -0.25) is 4.90 Å². The van der Waals surface area contributed by atoms with Crippen LogP contribution in [0.4, 0.5) is 5.69 Å². The van der Waals surface area contributed by atoms with E-state index < -0.39 is 0 Å². The van der Waals surface area contributed by atoms with Crippen LogP contribution >= 0.6 is 12.2 Å². The Hall–Kier alpha value is -1.64. The molecular weight excluding hydrogens is 256 g/mol. The van der Waals surface area contributed by atoms with Crippen LogP contribution in [0, 0.1) is 11.3 Å². The molecule has 1 fully saturated rings. The molecule has 0 bridgehead atoms. The zero-order valence-electron chi connectivity index (χ0n) is 10.9. The van der Waals surface area contributed by atoms with Gasteiger partial charge in [0.25, 0.3) is 0 Å². The molecule has 1 aromatic rings. The molecule has 1 aliphatic heterocycles. The van der Waals surface area contributed by atoms with Crippen LogP contribution in [0.25, 0.3) is 0 Å². The molecular formula is C14H18N4S. The summed E-state index contributed by atoms with van der Waals surface area (Å²) in [5.41, 5.74) is 1.03. The van der Waals surface area contributed by atoms with Crippen molar-refractivity contribution in [3.05, 3.63) is 30.3 Å². The minimum atomic E-state index is 0.604. The molecule has 0 aromatic heterocycles. The number of benzene rings is 1. The zero-order valence-corrected chi connectivity index (χ0v) is 11.7. The smallest absolute Gasteiger partial charge is 0.173 e. The highest BCUT2D eigenvalue weighted by Gasteiger charge is 2.18. The van der Waals surface area contributed by atoms with E-state index in [4.69, 9.17) is 17.5 Å². The Balaban J connectivity index is 1.78. The fourth-order valence-electron chi connectivity index (χ4n) is 2.11. The Morgan fingerprint density at radius 3 is 2.53 bits per heavy atom. The van der Waals surface area contributed by atoms with E-state index in [9.17, 15) is 0 Å². The predicted octanol–water partition coefficient (Wildman–Crippen LogP) is 1.91. The summed E-state index contributed by atoms with van der Waals surface area (Å²) >= 11 is 5.43. The van der Waals surface area contributed by atoms with Crippen LogP contribution in [0.5, 0.6) is 0 Å². The van der Waals surface area contributed by atoms with Gasteiger partial charge in [-0.25, -0.2) is 0 Å². The number of nitriles is 1. The van der Waals surface area contributed by atoms with E-state index in [0.717, 1.165) is 43.5 Å². The van der Waals surface area contributed by atoms with E-state index in [2.05, 4.69) is 21.2 Å². The number of thiocarbonyl (C=S) groups is 1. The van der Waals surface area contributed by atoms with Gasteiger partial charge in [0.2, 0.25) is 0 Å². The first-order chi connectivity index (χ1) is 9.29. The lowest BCUT2D eigenvalue weighted by molar-refractivity contribution is 0.187. The number of hydrogen-bond acceptors (Lipinski definition) is 3. The molecule has 19 heavy (non-hydrogen) atoms. The van der Waals surface area contributed by atoms with Crippen molar-refractivity contribution in [3.63, 3.8) is 0 Å². The van der Waals surface area contributed by atoms with Crippen LogP contribution in [0.1, 0.15) is 6.42 Å². The molecule has 0 atom stereocenters. The van der Waals surface area contributed by atoms with Crippen molar-refractivity contribution in [2.75, 3.05) is 38.0 Å². The summed E-state index contributed by atoms with van der Waals surface area (Å²) in [6, 6.07) is 12.2. The lowest BCUT2D eigenvalue weighted by Gasteiger charge is -2.35. The highest BCUT2D eigenvalue weighted by atomic mass is 32.1. The lowest BCUT2D eigenvalue weighted by atomic mass is 10.3. The van der Waals surface area contributed by atoms with Crippen molar-refractivity contribution >= 4 is 23.0 Å². The first kappa shape index (κ1) is 13.8. The standard InChI is InChI=1S/C14H18N4S/c15-7-4-8-17-9-11-18(12-10-17)14(19)16-13-5-2-1-3-6-13/h1-3,5-6H,4,8-12H2,(H,16,19). The predicted molar refractivity (Wildman–Crippen MR) is 80.9 cm³/mol. The highest BCUT2D eigenvalue weighted by molar-refractivity contribution is 7.80. The average Bonchev–Trinajstić information content (AvgIpc) is 2.46. The van der Waals surface area contributed by atoms with Crippen molar-refractivity contribution in [2.24, 2.45) is 0 Å². The Labute approximate surface area is 119 Å². The Morgan fingerprint density at radius 2 is 1.89 bits per heavy atom. The summed E-state index contributed by atoms with van der Waals surface area (Å²) in [7, 11) is 0. The topological polar surface area (TPSA) is 42.3 Å². The number of para-hydroxylation sites is 1. The summed E-state index contributed by atoms with van der Waals surface area (Å²) in [4.78, 5) is 4.50. The molecule has 0 aliphatic carbocycles. The van der Waals surface area contributed by atoms with Crippen LogP contribution < -0.4 is 5.32 Å². The van der Waals surface area contributed by atoms with Crippen molar-refractivity contribution in [1.82, 2.24) is 9.80 Å². The van der Waals surface area contributed by atoms with Crippen molar-refractivity contribution in [3.8, 4) is 6.07 Å². The van der Waals surface area contributed by atoms with Gasteiger partial charge in [0.1, 0.15) is 0 Å². The fraction of sp³-hybridized carbons (Fsp3) is 0.429. The summed E-state index contributed by atoms with van der Waals surface area (Å²) in [6.45, 7) is 4.65. The Morgan fingerprint density at radius 1 is 1.21 bits per heavy atom. The zero-order chi connectivity index (χ0) is 13.5. The molecule has 1 saturated heterocycles. The van der Waals surface area contributed by atoms with Crippen LogP contribution in [-0.2, 0) is 0 Å². The van der Waals surface area contributed by atoms with E-state index in [1.807, 2.05) is 30.3 Å². The third-order valence-electron chi connectivity index (χ3n) is 3.22. The van der Waals surface area contributed by atoms with Crippen molar-refractivity contribution < 1.29 is 0 Å². The molecule has 1 aromatic carbocycles. The van der Waals surface area contributed by atoms with Crippen LogP contribution in [0.2, 0.25) is 0 Å². The summed E-state index contributed by atoms with van der Waals surface area (Å²) in [5, 5.41) is 12.6. The first-order valence-electron chi connectivity index (χ1n) is 6.50. The molecule has 1 heterocycles. The third-order valence-corrected chi connectivity index (χ3v) is 3.58. The van der Waals surface area contributed by atoms with E-state index in [1.165, 1.54) is 0 Å². The largest absolute Gasteiger partial charge is 0.346 e. The summed E-state index contributed by atoms with van der Waals surface area (Å²) < 4.78 is 0. The molecule has 0 amide bonds. The van der Waals surface area contributed by atoms with Crippen molar-refractivity contribution in [2.45, 2.75) is 6.42 Å². The molecule has 5 heteroatoms. The van der Waals surface area contributed by atoms with Crippen LogP contribution in [0.3, 0.4) is 0 Å². The maximum absolute atomic E-state index is 8.58. The van der Waals surface area contributed by atoms with Crippen molar-refractivity contribution in [1.29, 1.82) is 5.26 Å². The normalized spacial score (nSPS) is 15.8. The van der Waals surface area contributed by atoms with Gasteiger partial charge in [0, 0.05) is 44.8 Å². The highest BCUT2D eigenvalue weighted by Crippen LogP contribution is 2.09. The van der Waals surface area contributed by atoms with E-state index in [-0.39, 0.29) is 0 Å². The monoisotopic (exact) mass is 274 g/mol. The van der Waals surface area contributed by atoms with Gasteiger partial charge >= 0.3 is 0 Å². The number of rotatable bonds is 3.